The smallest absolute Gasteiger partial charge is 0.119 e. The van der Waals surface area contributed by atoms with E-state index in [1.807, 2.05) is 0 Å². The fourth-order valence-electron chi connectivity index (χ4n) is 5.19. The lowest BCUT2D eigenvalue weighted by atomic mass is 10.1. The minimum Gasteiger partial charge on any atom is -0.494 e. The second-order valence-electron chi connectivity index (χ2n) is 9.36. The van der Waals surface area contributed by atoms with E-state index in [2.05, 4.69) is 41.0 Å². The molecular formula is C25H40N2O2. The Morgan fingerprint density at radius 1 is 0.897 bits per heavy atom. The van der Waals surface area contributed by atoms with E-state index in [9.17, 15) is 0 Å². The molecule has 0 amide bonds. The molecule has 4 nitrogen and oxygen atoms in total. The molecule has 3 fully saturated rings. The van der Waals surface area contributed by atoms with E-state index in [0.29, 0.717) is 0 Å². The Bertz CT molecular complexity index is 587. The van der Waals surface area contributed by atoms with E-state index in [1.165, 1.54) is 70.4 Å². The third-order valence-electron chi connectivity index (χ3n) is 7.07. The van der Waals surface area contributed by atoms with Gasteiger partial charge in [0.15, 0.2) is 0 Å². The second-order valence-corrected chi connectivity index (χ2v) is 9.36. The number of rotatable bonds is 12. The molecule has 1 aromatic carbocycles. The third-order valence-corrected chi connectivity index (χ3v) is 7.07. The van der Waals surface area contributed by atoms with E-state index < -0.39 is 0 Å². The standard InChI is InChI=1S/C25H40N2O2/c1-2-3-16-29-22-10-8-21(9-11-22)17-27-18-23-24(19-27)25(23)20-28-15-7-14-26-12-5-4-6-13-26/h8-11,23-25H,2-7,12-20H2,1H3/t23-,24+,25-. The van der Waals surface area contributed by atoms with Crippen LogP contribution in [0.4, 0.5) is 0 Å². The van der Waals surface area contributed by atoms with Crippen molar-refractivity contribution in [3.05, 3.63) is 29.8 Å². The molecule has 1 saturated carbocycles. The highest BCUT2D eigenvalue weighted by molar-refractivity contribution is 5.27. The van der Waals surface area contributed by atoms with Crippen molar-refractivity contribution in [2.24, 2.45) is 17.8 Å². The second kappa shape index (κ2) is 10.8. The molecule has 162 valence electrons. The van der Waals surface area contributed by atoms with Gasteiger partial charge in [0.2, 0.25) is 0 Å². The topological polar surface area (TPSA) is 24.9 Å². The Balaban J connectivity index is 1.06. The summed E-state index contributed by atoms with van der Waals surface area (Å²) in [6, 6.07) is 8.72. The molecule has 0 radical (unpaired) electrons. The van der Waals surface area contributed by atoms with Crippen LogP contribution in [0.3, 0.4) is 0 Å². The number of nitrogens with zero attached hydrogens (tertiary/aromatic N) is 2. The summed E-state index contributed by atoms with van der Waals surface area (Å²) in [6.07, 6.45) is 7.71. The highest BCUT2D eigenvalue weighted by Gasteiger charge is 2.55. The first-order valence-corrected chi connectivity index (χ1v) is 12.1. The maximum absolute atomic E-state index is 6.03. The van der Waals surface area contributed by atoms with Crippen LogP contribution < -0.4 is 4.74 Å². The van der Waals surface area contributed by atoms with Crippen molar-refractivity contribution in [1.82, 2.24) is 9.80 Å². The predicted octanol–water partition coefficient (Wildman–Crippen LogP) is 4.44. The Morgan fingerprint density at radius 3 is 2.38 bits per heavy atom. The molecule has 1 aromatic rings. The molecule has 0 bridgehead atoms. The molecule has 2 aliphatic heterocycles. The summed E-state index contributed by atoms with van der Waals surface area (Å²) in [5, 5.41) is 0. The van der Waals surface area contributed by atoms with E-state index >= 15 is 0 Å². The van der Waals surface area contributed by atoms with Crippen molar-refractivity contribution in [2.45, 2.75) is 52.0 Å². The molecule has 2 heterocycles. The molecule has 0 spiro atoms. The van der Waals surface area contributed by atoms with Crippen LogP contribution in [0.25, 0.3) is 0 Å². The summed E-state index contributed by atoms with van der Waals surface area (Å²) in [6.45, 7) is 12.4. The molecule has 0 N–H and O–H groups in total. The van der Waals surface area contributed by atoms with Gasteiger partial charge in [0, 0.05) is 32.8 Å². The van der Waals surface area contributed by atoms with Gasteiger partial charge >= 0.3 is 0 Å². The van der Waals surface area contributed by atoms with Gasteiger partial charge in [0.05, 0.1) is 13.2 Å². The Kier molecular flexibility index (Phi) is 7.87. The highest BCUT2D eigenvalue weighted by atomic mass is 16.5. The van der Waals surface area contributed by atoms with Crippen LogP contribution in [0, 0.1) is 17.8 Å². The SMILES string of the molecule is CCCCOc1ccc(CN2C[C@@H]3[C@H](COCCCN4CCCCC4)[C@@H]3C2)cc1. The quantitative estimate of drug-likeness (QED) is 0.485. The van der Waals surface area contributed by atoms with Crippen molar-refractivity contribution in [2.75, 3.05) is 52.5 Å². The summed E-state index contributed by atoms with van der Waals surface area (Å²) in [5.74, 6) is 3.60. The minimum absolute atomic E-state index is 0.826. The van der Waals surface area contributed by atoms with E-state index in [0.717, 1.165) is 56.3 Å². The minimum atomic E-state index is 0.826. The van der Waals surface area contributed by atoms with E-state index in [4.69, 9.17) is 9.47 Å². The van der Waals surface area contributed by atoms with Crippen molar-refractivity contribution in [3.8, 4) is 5.75 Å². The van der Waals surface area contributed by atoms with Crippen LogP contribution in [0.5, 0.6) is 5.75 Å². The van der Waals surface area contributed by atoms with Crippen molar-refractivity contribution in [3.63, 3.8) is 0 Å². The maximum atomic E-state index is 6.03. The van der Waals surface area contributed by atoms with Crippen LogP contribution in [-0.2, 0) is 11.3 Å². The van der Waals surface area contributed by atoms with Crippen molar-refractivity contribution in [1.29, 1.82) is 0 Å². The summed E-state index contributed by atoms with van der Waals surface area (Å²) < 4.78 is 11.8. The predicted molar refractivity (Wildman–Crippen MR) is 118 cm³/mol. The van der Waals surface area contributed by atoms with Crippen molar-refractivity contribution >= 4 is 0 Å². The van der Waals surface area contributed by atoms with Gasteiger partial charge in [0.25, 0.3) is 0 Å². The molecule has 29 heavy (non-hydrogen) atoms. The Hall–Kier alpha value is -1.10. The number of likely N-dealkylation sites (tertiary alicyclic amines) is 2. The summed E-state index contributed by atoms with van der Waals surface area (Å²) in [5.41, 5.74) is 1.40. The number of hydrogen-bond acceptors (Lipinski definition) is 4. The average molecular weight is 401 g/mol. The normalized spacial score (nSPS) is 27.1. The number of piperidine rings is 2. The lowest BCUT2D eigenvalue weighted by Gasteiger charge is -2.26. The maximum Gasteiger partial charge on any atom is 0.119 e. The molecule has 2 saturated heterocycles. The number of unbranched alkanes of at least 4 members (excludes halogenated alkanes) is 1. The molecule has 3 aliphatic rings. The summed E-state index contributed by atoms with van der Waals surface area (Å²) in [4.78, 5) is 5.23. The van der Waals surface area contributed by atoms with E-state index in [1.54, 1.807) is 0 Å². The molecule has 1 aliphatic carbocycles. The Labute approximate surface area is 177 Å². The number of fused-ring (bicyclic) bond motifs is 1. The van der Waals surface area contributed by atoms with E-state index in [-0.39, 0.29) is 0 Å². The first kappa shape index (κ1) is 21.1. The Morgan fingerprint density at radius 2 is 1.66 bits per heavy atom. The van der Waals surface area contributed by atoms with Gasteiger partial charge in [-0.1, -0.05) is 31.9 Å². The molecule has 0 aromatic heterocycles. The van der Waals surface area contributed by atoms with Gasteiger partial charge in [-0.2, -0.15) is 0 Å². The summed E-state index contributed by atoms with van der Waals surface area (Å²) in [7, 11) is 0. The van der Waals surface area contributed by atoms with Gasteiger partial charge in [-0.3, -0.25) is 4.90 Å². The highest BCUT2D eigenvalue weighted by Crippen LogP contribution is 2.52. The van der Waals surface area contributed by atoms with Gasteiger partial charge in [-0.25, -0.2) is 0 Å². The molecule has 0 unspecified atom stereocenters. The monoisotopic (exact) mass is 400 g/mol. The zero-order valence-corrected chi connectivity index (χ0v) is 18.4. The largest absolute Gasteiger partial charge is 0.494 e. The fraction of sp³-hybridized carbons (Fsp3) is 0.760. The lowest BCUT2D eigenvalue weighted by Crippen LogP contribution is -2.31. The van der Waals surface area contributed by atoms with Gasteiger partial charge in [-0.05, 0) is 74.2 Å². The van der Waals surface area contributed by atoms with Crippen LogP contribution in [0.15, 0.2) is 24.3 Å². The molecule has 4 rings (SSSR count). The fourth-order valence-corrected chi connectivity index (χ4v) is 5.19. The molecular weight excluding hydrogens is 360 g/mol. The first-order chi connectivity index (χ1) is 14.3. The number of benzene rings is 1. The zero-order chi connectivity index (χ0) is 19.9. The first-order valence-electron chi connectivity index (χ1n) is 12.1. The van der Waals surface area contributed by atoms with Gasteiger partial charge < -0.3 is 14.4 Å². The number of hydrogen-bond donors (Lipinski definition) is 0. The van der Waals surface area contributed by atoms with Crippen LogP contribution in [-0.4, -0.2) is 62.3 Å². The molecule has 4 heteroatoms. The lowest BCUT2D eigenvalue weighted by molar-refractivity contribution is 0.0967. The van der Waals surface area contributed by atoms with Crippen LogP contribution >= 0.6 is 0 Å². The van der Waals surface area contributed by atoms with Crippen LogP contribution in [0.1, 0.15) is 51.0 Å². The number of ether oxygens (including phenoxy) is 2. The zero-order valence-electron chi connectivity index (χ0n) is 18.4. The van der Waals surface area contributed by atoms with Crippen LogP contribution in [0.2, 0.25) is 0 Å². The van der Waals surface area contributed by atoms with Crippen molar-refractivity contribution < 1.29 is 9.47 Å². The average Bonchev–Trinajstić information content (AvgIpc) is 3.20. The van der Waals surface area contributed by atoms with Gasteiger partial charge in [-0.15, -0.1) is 0 Å². The van der Waals surface area contributed by atoms with Gasteiger partial charge in [0.1, 0.15) is 5.75 Å². The third kappa shape index (κ3) is 6.19. The summed E-state index contributed by atoms with van der Waals surface area (Å²) >= 11 is 0. The molecule has 3 atom stereocenters.